The number of anilines is 1. The van der Waals surface area contributed by atoms with E-state index in [4.69, 9.17) is 5.73 Å². The molecule has 1 aromatic carbocycles. The molecule has 0 radical (unpaired) electrons. The number of nitrogen functional groups attached to an aromatic ring is 1. The van der Waals surface area contributed by atoms with Crippen molar-refractivity contribution in [2.45, 2.75) is 13.0 Å². The summed E-state index contributed by atoms with van der Waals surface area (Å²) in [5, 5.41) is 0. The van der Waals surface area contributed by atoms with Crippen LogP contribution in [-0.4, -0.2) is 15.3 Å². The zero-order valence-electron chi connectivity index (χ0n) is 9.74. The second-order valence-corrected chi connectivity index (χ2v) is 3.96. The molecular weight excluding hydrogens is 230 g/mol. The van der Waals surface area contributed by atoms with E-state index in [9.17, 15) is 9.59 Å². The van der Waals surface area contributed by atoms with Crippen LogP contribution in [0.4, 0.5) is 5.82 Å². The first-order chi connectivity index (χ1) is 8.65. The molecule has 0 saturated heterocycles. The van der Waals surface area contributed by atoms with Crippen molar-refractivity contribution in [3.8, 4) is 0 Å². The first-order valence-electron chi connectivity index (χ1n) is 5.54. The van der Waals surface area contributed by atoms with Crippen LogP contribution in [-0.2, 0) is 17.8 Å². The van der Waals surface area contributed by atoms with Gasteiger partial charge in [0.25, 0.3) is 0 Å². The Bertz CT molecular complexity index is 605. The van der Waals surface area contributed by atoms with E-state index in [1.54, 1.807) is 0 Å². The molecule has 2 aromatic rings. The average molecular weight is 243 g/mol. The van der Waals surface area contributed by atoms with Gasteiger partial charge in [0.2, 0.25) is 0 Å². The molecule has 0 atom stereocenters. The van der Waals surface area contributed by atoms with Gasteiger partial charge in [-0.05, 0) is 11.6 Å². The van der Waals surface area contributed by atoms with Gasteiger partial charge in [0.15, 0.2) is 5.78 Å². The summed E-state index contributed by atoms with van der Waals surface area (Å²) < 4.78 is 1.25. The lowest BCUT2D eigenvalue weighted by Crippen LogP contribution is -2.27. The molecule has 0 saturated carbocycles. The molecule has 1 aromatic heterocycles. The number of benzene rings is 1. The van der Waals surface area contributed by atoms with Crippen molar-refractivity contribution in [1.82, 2.24) is 9.55 Å². The zero-order valence-corrected chi connectivity index (χ0v) is 9.74. The van der Waals surface area contributed by atoms with E-state index in [-0.39, 0.29) is 18.1 Å². The van der Waals surface area contributed by atoms with Crippen molar-refractivity contribution in [3.63, 3.8) is 0 Å². The number of nitrogens with zero attached hydrogens (tertiary/aromatic N) is 2. The van der Waals surface area contributed by atoms with Crippen molar-refractivity contribution in [2.24, 2.45) is 0 Å². The van der Waals surface area contributed by atoms with Gasteiger partial charge in [-0.15, -0.1) is 0 Å². The van der Waals surface area contributed by atoms with Crippen LogP contribution in [0.15, 0.2) is 47.4 Å². The highest BCUT2D eigenvalue weighted by molar-refractivity contribution is 5.80. The van der Waals surface area contributed by atoms with Gasteiger partial charge in [0, 0.05) is 12.6 Å². The van der Waals surface area contributed by atoms with Crippen molar-refractivity contribution >= 4 is 11.6 Å². The molecule has 0 bridgehead atoms. The number of carbonyl (C=O) groups excluding carboxylic acids is 1. The Morgan fingerprint density at radius 1 is 1.22 bits per heavy atom. The molecule has 18 heavy (non-hydrogen) atoms. The number of carbonyl (C=O) groups is 1. The fraction of sp³-hybridized carbons (Fsp3) is 0.154. The largest absolute Gasteiger partial charge is 0.383 e. The highest BCUT2D eigenvalue weighted by Crippen LogP contribution is 2.01. The van der Waals surface area contributed by atoms with Gasteiger partial charge in [-0.2, -0.15) is 4.98 Å². The Hall–Kier alpha value is -2.43. The third-order valence-corrected chi connectivity index (χ3v) is 2.49. The topological polar surface area (TPSA) is 78.0 Å². The molecule has 92 valence electrons. The highest BCUT2D eigenvalue weighted by atomic mass is 16.2. The second kappa shape index (κ2) is 5.27. The number of Topliss-reactive ketones (excluding diaryl/α,β-unsaturated/α-hetero) is 1. The van der Waals surface area contributed by atoms with Crippen molar-refractivity contribution in [2.75, 3.05) is 5.73 Å². The predicted octanol–water partition coefficient (Wildman–Crippen LogP) is 0.637. The van der Waals surface area contributed by atoms with Crippen LogP contribution < -0.4 is 11.4 Å². The van der Waals surface area contributed by atoms with Crippen LogP contribution in [0.1, 0.15) is 5.56 Å². The summed E-state index contributed by atoms with van der Waals surface area (Å²) in [6.45, 7) is 0.0149. The number of hydrogen-bond acceptors (Lipinski definition) is 4. The molecular formula is C13H13N3O2. The molecule has 0 fully saturated rings. The van der Waals surface area contributed by atoms with E-state index >= 15 is 0 Å². The smallest absolute Gasteiger partial charge is 0.349 e. The lowest BCUT2D eigenvalue weighted by molar-refractivity contribution is -0.119. The first-order valence-corrected chi connectivity index (χ1v) is 5.54. The van der Waals surface area contributed by atoms with Gasteiger partial charge in [0.1, 0.15) is 5.82 Å². The molecule has 2 rings (SSSR count). The summed E-state index contributed by atoms with van der Waals surface area (Å²) in [4.78, 5) is 26.8. The Kier molecular flexibility index (Phi) is 3.52. The van der Waals surface area contributed by atoms with E-state index in [0.717, 1.165) is 5.56 Å². The van der Waals surface area contributed by atoms with Gasteiger partial charge < -0.3 is 5.73 Å². The average Bonchev–Trinajstić information content (AvgIpc) is 2.34. The van der Waals surface area contributed by atoms with Gasteiger partial charge in [-0.1, -0.05) is 30.3 Å². The monoisotopic (exact) mass is 243 g/mol. The summed E-state index contributed by atoms with van der Waals surface area (Å²) in [5.74, 6) is 0.113. The van der Waals surface area contributed by atoms with Crippen LogP contribution in [0, 0.1) is 0 Å². The van der Waals surface area contributed by atoms with Crippen molar-refractivity contribution in [1.29, 1.82) is 0 Å². The SMILES string of the molecule is Nc1ccn(CC(=O)Cc2ccccc2)c(=O)n1. The summed E-state index contributed by atoms with van der Waals surface area (Å²) in [6.07, 6.45) is 1.78. The van der Waals surface area contributed by atoms with Crippen LogP contribution >= 0.6 is 0 Å². The van der Waals surface area contributed by atoms with Crippen molar-refractivity contribution < 1.29 is 4.79 Å². The normalized spacial score (nSPS) is 10.2. The molecule has 2 N–H and O–H groups in total. The minimum atomic E-state index is -0.503. The van der Waals surface area contributed by atoms with E-state index in [1.165, 1.54) is 16.8 Å². The molecule has 0 amide bonds. The van der Waals surface area contributed by atoms with Gasteiger partial charge in [0.05, 0.1) is 6.54 Å². The van der Waals surface area contributed by atoms with Crippen LogP contribution in [0.2, 0.25) is 0 Å². The number of nitrogens with two attached hydrogens (primary N) is 1. The Morgan fingerprint density at radius 2 is 1.94 bits per heavy atom. The number of rotatable bonds is 4. The predicted molar refractivity (Wildman–Crippen MR) is 68.1 cm³/mol. The molecule has 0 spiro atoms. The quantitative estimate of drug-likeness (QED) is 0.854. The third-order valence-electron chi connectivity index (χ3n) is 2.49. The Balaban J connectivity index is 2.06. The lowest BCUT2D eigenvalue weighted by Gasteiger charge is -2.04. The summed E-state index contributed by atoms with van der Waals surface area (Å²) in [7, 11) is 0. The highest BCUT2D eigenvalue weighted by Gasteiger charge is 2.06. The molecule has 0 aliphatic rings. The summed E-state index contributed by atoms with van der Waals surface area (Å²) in [6, 6.07) is 10.9. The molecule has 5 nitrogen and oxygen atoms in total. The second-order valence-electron chi connectivity index (χ2n) is 3.96. The Morgan fingerprint density at radius 3 is 2.61 bits per heavy atom. The maximum absolute atomic E-state index is 11.8. The molecule has 0 unspecified atom stereocenters. The van der Waals surface area contributed by atoms with Gasteiger partial charge in [-0.3, -0.25) is 9.36 Å². The molecule has 5 heteroatoms. The zero-order chi connectivity index (χ0) is 13.0. The Labute approximate surface area is 104 Å². The van der Waals surface area contributed by atoms with E-state index in [0.29, 0.717) is 6.42 Å². The molecule has 0 aliphatic carbocycles. The van der Waals surface area contributed by atoms with Crippen molar-refractivity contribution in [3.05, 3.63) is 58.6 Å². The van der Waals surface area contributed by atoms with Crippen LogP contribution in [0.5, 0.6) is 0 Å². The van der Waals surface area contributed by atoms with E-state index in [2.05, 4.69) is 4.98 Å². The number of ketones is 1. The minimum absolute atomic E-state index is 0.0149. The number of hydrogen-bond donors (Lipinski definition) is 1. The first kappa shape index (κ1) is 12.0. The van der Waals surface area contributed by atoms with Gasteiger partial charge in [-0.25, -0.2) is 4.79 Å². The summed E-state index contributed by atoms with van der Waals surface area (Å²) >= 11 is 0. The molecule has 0 aliphatic heterocycles. The van der Waals surface area contributed by atoms with Gasteiger partial charge >= 0.3 is 5.69 Å². The number of aromatic nitrogens is 2. The van der Waals surface area contributed by atoms with E-state index in [1.807, 2.05) is 30.3 Å². The lowest BCUT2D eigenvalue weighted by atomic mass is 10.1. The summed E-state index contributed by atoms with van der Waals surface area (Å²) in [5.41, 5.74) is 5.80. The maximum atomic E-state index is 11.8. The van der Waals surface area contributed by atoms with Crippen LogP contribution in [0.25, 0.3) is 0 Å². The standard InChI is InChI=1S/C13H13N3O2/c14-12-6-7-16(13(18)15-12)9-11(17)8-10-4-2-1-3-5-10/h1-7H,8-9H2,(H2,14,15,18). The molecule has 1 heterocycles. The van der Waals surface area contributed by atoms with E-state index < -0.39 is 5.69 Å². The maximum Gasteiger partial charge on any atom is 0.349 e. The minimum Gasteiger partial charge on any atom is -0.383 e. The van der Waals surface area contributed by atoms with Crippen LogP contribution in [0.3, 0.4) is 0 Å². The fourth-order valence-corrected chi connectivity index (χ4v) is 1.63. The third kappa shape index (κ3) is 3.04. The fourth-order valence-electron chi connectivity index (χ4n) is 1.63.